The van der Waals surface area contributed by atoms with Crippen molar-refractivity contribution in [1.82, 2.24) is 4.98 Å². The monoisotopic (exact) mass is 397 g/mol. The molecule has 0 radical (unpaired) electrons. The molecule has 0 atom stereocenters. The molecule has 3 rings (SSSR count). The first-order valence-electron chi connectivity index (χ1n) is 7.66. The molecule has 0 aliphatic carbocycles. The molecule has 0 saturated carbocycles. The van der Waals surface area contributed by atoms with E-state index in [0.717, 1.165) is 27.3 Å². The Balaban J connectivity index is 1.50. The zero-order chi connectivity index (χ0) is 17.5. The quantitative estimate of drug-likeness (QED) is 0.633. The molecule has 0 saturated heterocycles. The van der Waals surface area contributed by atoms with Crippen molar-refractivity contribution in [2.24, 2.45) is 0 Å². The van der Waals surface area contributed by atoms with Gasteiger partial charge in [0.05, 0.1) is 6.54 Å². The van der Waals surface area contributed by atoms with Crippen LogP contribution in [0.25, 0.3) is 0 Å². The minimum absolute atomic E-state index is 0.116. The second kappa shape index (κ2) is 8.30. The van der Waals surface area contributed by atoms with E-state index >= 15 is 0 Å². The maximum atomic E-state index is 12.0. The molecular formula is C19H16BrN3O2. The van der Waals surface area contributed by atoms with Crippen molar-refractivity contribution in [2.75, 3.05) is 17.2 Å². The Bertz CT molecular complexity index is 839. The summed E-state index contributed by atoms with van der Waals surface area (Å²) in [5.41, 5.74) is 1.59. The highest BCUT2D eigenvalue weighted by Crippen LogP contribution is 2.22. The fourth-order valence-corrected chi connectivity index (χ4v) is 2.54. The largest absolute Gasteiger partial charge is 0.457 e. The molecule has 5 nitrogen and oxygen atoms in total. The maximum Gasteiger partial charge on any atom is 0.243 e. The Morgan fingerprint density at radius 3 is 2.40 bits per heavy atom. The summed E-state index contributed by atoms with van der Waals surface area (Å²) in [4.78, 5) is 15.9. The summed E-state index contributed by atoms with van der Waals surface area (Å²) in [5.74, 6) is 1.33. The molecule has 0 unspecified atom stereocenters. The molecule has 0 bridgehead atoms. The molecule has 3 aromatic rings. The molecule has 2 aromatic carbocycles. The van der Waals surface area contributed by atoms with Crippen molar-refractivity contribution in [3.05, 3.63) is 77.5 Å². The number of nitrogens with one attached hydrogen (secondary N) is 2. The zero-order valence-corrected chi connectivity index (χ0v) is 14.9. The number of ether oxygens (including phenoxy) is 1. The number of nitrogens with zero attached hydrogens (tertiary/aromatic N) is 1. The summed E-state index contributed by atoms with van der Waals surface area (Å²) in [6, 6.07) is 18.5. The van der Waals surface area contributed by atoms with E-state index in [0.29, 0.717) is 0 Å². The number of aromatic nitrogens is 1. The molecule has 0 spiro atoms. The van der Waals surface area contributed by atoms with E-state index in [9.17, 15) is 4.79 Å². The lowest BCUT2D eigenvalue weighted by atomic mass is 10.3. The van der Waals surface area contributed by atoms with E-state index < -0.39 is 0 Å². The normalized spacial score (nSPS) is 10.1. The smallest absolute Gasteiger partial charge is 0.243 e. The van der Waals surface area contributed by atoms with Gasteiger partial charge in [-0.05, 0) is 54.6 Å². The number of carbonyl (C=O) groups is 1. The van der Waals surface area contributed by atoms with E-state index in [1.165, 1.54) is 0 Å². The van der Waals surface area contributed by atoms with Crippen LogP contribution in [-0.4, -0.2) is 17.4 Å². The molecule has 6 heteroatoms. The summed E-state index contributed by atoms with van der Waals surface area (Å²) < 4.78 is 6.62. The number of benzene rings is 2. The van der Waals surface area contributed by atoms with Gasteiger partial charge in [-0.25, -0.2) is 0 Å². The van der Waals surface area contributed by atoms with Crippen LogP contribution in [0.1, 0.15) is 0 Å². The van der Waals surface area contributed by atoms with Crippen molar-refractivity contribution in [3.8, 4) is 11.5 Å². The molecule has 1 amide bonds. The van der Waals surface area contributed by atoms with Crippen molar-refractivity contribution >= 4 is 33.2 Å². The number of rotatable bonds is 6. The number of halogens is 1. The Morgan fingerprint density at radius 2 is 1.68 bits per heavy atom. The lowest BCUT2D eigenvalue weighted by molar-refractivity contribution is -0.114. The Morgan fingerprint density at radius 1 is 0.960 bits per heavy atom. The lowest BCUT2D eigenvalue weighted by Crippen LogP contribution is -2.21. The van der Waals surface area contributed by atoms with Gasteiger partial charge >= 0.3 is 0 Å². The van der Waals surface area contributed by atoms with Gasteiger partial charge in [-0.15, -0.1) is 0 Å². The minimum Gasteiger partial charge on any atom is -0.457 e. The number of anilines is 2. The summed E-state index contributed by atoms with van der Waals surface area (Å²) in [5, 5.41) is 5.92. The van der Waals surface area contributed by atoms with Crippen LogP contribution in [0.4, 0.5) is 11.4 Å². The third-order valence-electron chi connectivity index (χ3n) is 3.30. The van der Waals surface area contributed by atoms with Gasteiger partial charge in [-0.1, -0.05) is 22.0 Å². The predicted molar refractivity (Wildman–Crippen MR) is 102 cm³/mol. The molecular weight excluding hydrogens is 382 g/mol. The molecule has 1 heterocycles. The molecule has 0 aliphatic rings. The van der Waals surface area contributed by atoms with Crippen LogP contribution < -0.4 is 15.4 Å². The van der Waals surface area contributed by atoms with Crippen LogP contribution in [0.15, 0.2) is 77.5 Å². The fraction of sp³-hybridized carbons (Fsp3) is 0.0526. The Labute approximate surface area is 154 Å². The second-order valence-electron chi connectivity index (χ2n) is 5.22. The molecule has 2 N–H and O–H groups in total. The van der Waals surface area contributed by atoms with E-state index in [1.54, 1.807) is 24.5 Å². The highest BCUT2D eigenvalue weighted by molar-refractivity contribution is 9.10. The Kier molecular flexibility index (Phi) is 5.64. The van der Waals surface area contributed by atoms with E-state index in [2.05, 4.69) is 31.5 Å². The third kappa shape index (κ3) is 5.32. The fourth-order valence-electron chi connectivity index (χ4n) is 2.14. The third-order valence-corrected chi connectivity index (χ3v) is 3.79. The van der Waals surface area contributed by atoms with Gasteiger partial charge in [-0.3, -0.25) is 9.78 Å². The number of hydrogen-bond acceptors (Lipinski definition) is 4. The topological polar surface area (TPSA) is 63.2 Å². The predicted octanol–water partition coefficient (Wildman–Crippen LogP) is 4.69. The zero-order valence-electron chi connectivity index (χ0n) is 13.3. The Hall–Kier alpha value is -2.86. The first-order chi connectivity index (χ1) is 12.2. The van der Waals surface area contributed by atoms with Gasteiger partial charge < -0.3 is 15.4 Å². The van der Waals surface area contributed by atoms with Gasteiger partial charge in [-0.2, -0.15) is 0 Å². The SMILES string of the molecule is O=C(CNc1ccc(Oc2ccncc2)cc1)Nc1cccc(Br)c1. The van der Waals surface area contributed by atoms with Crippen LogP contribution >= 0.6 is 15.9 Å². The van der Waals surface area contributed by atoms with Crippen LogP contribution in [0, 0.1) is 0 Å². The molecule has 1 aromatic heterocycles. The number of carbonyl (C=O) groups excluding carboxylic acids is 1. The molecule has 126 valence electrons. The number of pyridine rings is 1. The van der Waals surface area contributed by atoms with Crippen LogP contribution in [-0.2, 0) is 4.79 Å². The van der Waals surface area contributed by atoms with E-state index in [4.69, 9.17) is 4.74 Å². The second-order valence-corrected chi connectivity index (χ2v) is 6.14. The summed E-state index contributed by atoms with van der Waals surface area (Å²) in [6.45, 7) is 0.178. The van der Waals surface area contributed by atoms with Crippen LogP contribution in [0.2, 0.25) is 0 Å². The van der Waals surface area contributed by atoms with Gasteiger partial charge in [0.25, 0.3) is 0 Å². The summed E-state index contributed by atoms with van der Waals surface area (Å²) in [7, 11) is 0. The maximum absolute atomic E-state index is 12.0. The molecule has 0 fully saturated rings. The van der Waals surface area contributed by atoms with Crippen molar-refractivity contribution in [1.29, 1.82) is 0 Å². The molecule has 0 aliphatic heterocycles. The van der Waals surface area contributed by atoms with Gasteiger partial charge in [0.1, 0.15) is 11.5 Å². The van der Waals surface area contributed by atoms with E-state index in [-0.39, 0.29) is 12.5 Å². The highest BCUT2D eigenvalue weighted by atomic mass is 79.9. The van der Waals surface area contributed by atoms with Gasteiger partial charge in [0.2, 0.25) is 5.91 Å². The highest BCUT2D eigenvalue weighted by Gasteiger charge is 2.03. The average molecular weight is 398 g/mol. The van der Waals surface area contributed by atoms with Crippen molar-refractivity contribution < 1.29 is 9.53 Å². The van der Waals surface area contributed by atoms with Crippen molar-refractivity contribution in [2.45, 2.75) is 0 Å². The standard InChI is InChI=1S/C19H16BrN3O2/c20-14-2-1-3-16(12-14)23-19(24)13-22-15-4-6-17(7-5-15)25-18-8-10-21-11-9-18/h1-12,22H,13H2,(H,23,24). The number of hydrogen-bond donors (Lipinski definition) is 2. The number of amides is 1. The van der Waals surface area contributed by atoms with Crippen LogP contribution in [0.5, 0.6) is 11.5 Å². The van der Waals surface area contributed by atoms with Gasteiger partial charge in [0, 0.05) is 28.2 Å². The molecule has 25 heavy (non-hydrogen) atoms. The summed E-state index contributed by atoms with van der Waals surface area (Å²) >= 11 is 3.38. The first kappa shape index (κ1) is 17.0. The van der Waals surface area contributed by atoms with Crippen LogP contribution in [0.3, 0.4) is 0 Å². The average Bonchev–Trinajstić information content (AvgIpc) is 2.62. The summed E-state index contributed by atoms with van der Waals surface area (Å²) in [6.07, 6.45) is 3.35. The first-order valence-corrected chi connectivity index (χ1v) is 8.45. The van der Waals surface area contributed by atoms with E-state index in [1.807, 2.05) is 48.5 Å². The lowest BCUT2D eigenvalue weighted by Gasteiger charge is -2.09. The minimum atomic E-state index is -0.116. The van der Waals surface area contributed by atoms with Gasteiger partial charge in [0.15, 0.2) is 0 Å². The van der Waals surface area contributed by atoms with Crippen molar-refractivity contribution in [3.63, 3.8) is 0 Å².